The van der Waals surface area contributed by atoms with Crippen LogP contribution in [-0.4, -0.2) is 26.9 Å². The fourth-order valence-electron chi connectivity index (χ4n) is 3.39. The van der Waals surface area contributed by atoms with Gasteiger partial charge in [0.25, 0.3) is 0 Å². The summed E-state index contributed by atoms with van der Waals surface area (Å²) in [4.78, 5) is 0. The summed E-state index contributed by atoms with van der Waals surface area (Å²) in [7, 11) is 3.80. The molecule has 1 aliphatic heterocycles. The van der Waals surface area contributed by atoms with Gasteiger partial charge in [0.2, 0.25) is 0 Å². The summed E-state index contributed by atoms with van der Waals surface area (Å²) < 4.78 is 11.6. The molecule has 1 aromatic rings. The lowest BCUT2D eigenvalue weighted by Gasteiger charge is -2.29. The van der Waals surface area contributed by atoms with E-state index in [9.17, 15) is 0 Å². The van der Waals surface area contributed by atoms with Gasteiger partial charge in [0.1, 0.15) is 5.75 Å². The van der Waals surface area contributed by atoms with Crippen molar-refractivity contribution < 1.29 is 9.47 Å². The molecule has 1 aliphatic rings. The zero-order chi connectivity index (χ0) is 14.7. The van der Waals surface area contributed by atoms with Gasteiger partial charge in [-0.25, -0.2) is 0 Å². The van der Waals surface area contributed by atoms with Crippen molar-refractivity contribution in [2.45, 2.75) is 45.8 Å². The Balaban J connectivity index is 2.39. The van der Waals surface area contributed by atoms with Crippen LogP contribution in [0.2, 0.25) is 0 Å². The summed E-state index contributed by atoms with van der Waals surface area (Å²) in [6, 6.07) is 4.68. The molecule has 1 aromatic carbocycles. The Bertz CT molecular complexity index is 459. The Kier molecular flexibility index (Phi) is 5.06. The number of hydrogen-bond donors (Lipinski definition) is 1. The molecule has 0 aliphatic carbocycles. The molecule has 0 amide bonds. The van der Waals surface area contributed by atoms with Crippen molar-refractivity contribution in [1.82, 2.24) is 5.32 Å². The largest absolute Gasteiger partial charge is 0.496 e. The molecule has 0 saturated carbocycles. The fraction of sp³-hybridized carbons (Fsp3) is 0.647. The van der Waals surface area contributed by atoms with E-state index in [0.29, 0.717) is 12.0 Å². The van der Waals surface area contributed by atoms with Gasteiger partial charge in [0.15, 0.2) is 0 Å². The molecule has 112 valence electrons. The van der Waals surface area contributed by atoms with E-state index in [0.717, 1.165) is 25.2 Å². The van der Waals surface area contributed by atoms with Crippen LogP contribution in [-0.2, 0) is 4.74 Å². The highest BCUT2D eigenvalue weighted by atomic mass is 16.5. The van der Waals surface area contributed by atoms with Gasteiger partial charge in [-0.2, -0.15) is 0 Å². The molecule has 2 rings (SSSR count). The van der Waals surface area contributed by atoms with Gasteiger partial charge in [-0.15, -0.1) is 0 Å². The lowest BCUT2D eigenvalue weighted by Crippen LogP contribution is -2.31. The molecule has 1 heterocycles. The zero-order valence-corrected chi connectivity index (χ0v) is 13.3. The Hall–Kier alpha value is -1.06. The highest BCUT2D eigenvalue weighted by Gasteiger charge is 2.35. The van der Waals surface area contributed by atoms with Gasteiger partial charge in [0, 0.05) is 24.1 Å². The van der Waals surface area contributed by atoms with E-state index in [-0.39, 0.29) is 6.04 Å². The van der Waals surface area contributed by atoms with Crippen molar-refractivity contribution in [3.8, 4) is 5.75 Å². The first-order valence-corrected chi connectivity index (χ1v) is 7.57. The Morgan fingerprint density at radius 2 is 2.15 bits per heavy atom. The molecule has 3 atom stereocenters. The quantitative estimate of drug-likeness (QED) is 0.895. The topological polar surface area (TPSA) is 30.5 Å². The van der Waals surface area contributed by atoms with E-state index >= 15 is 0 Å². The molecule has 3 nitrogen and oxygen atoms in total. The average molecular weight is 277 g/mol. The maximum absolute atomic E-state index is 5.87. The Labute approximate surface area is 122 Å². The summed E-state index contributed by atoms with van der Waals surface area (Å²) >= 11 is 0. The first kappa shape index (κ1) is 15.3. The average Bonchev–Trinajstić information content (AvgIpc) is 2.92. The number of hydrogen-bond acceptors (Lipinski definition) is 3. The number of ether oxygens (including phenoxy) is 2. The predicted molar refractivity (Wildman–Crippen MR) is 82.4 cm³/mol. The molecule has 0 spiro atoms. The number of rotatable bonds is 5. The van der Waals surface area contributed by atoms with Crippen molar-refractivity contribution >= 4 is 0 Å². The van der Waals surface area contributed by atoms with Gasteiger partial charge >= 0.3 is 0 Å². The van der Waals surface area contributed by atoms with Crippen LogP contribution in [0.1, 0.15) is 42.5 Å². The summed E-state index contributed by atoms with van der Waals surface area (Å²) in [5, 5.41) is 3.49. The van der Waals surface area contributed by atoms with Gasteiger partial charge < -0.3 is 14.8 Å². The molecule has 1 saturated heterocycles. The smallest absolute Gasteiger partial charge is 0.126 e. The molecule has 1 N–H and O–H groups in total. The molecule has 3 unspecified atom stereocenters. The number of benzene rings is 1. The van der Waals surface area contributed by atoms with Crippen molar-refractivity contribution in [3.63, 3.8) is 0 Å². The standard InChI is InChI=1S/C17H27NO2/c1-6-15-13(9-10-20-15)16(18-4)14-8-7-11(2)12(3)17(14)19-5/h7-8,13,15-16,18H,6,9-10H2,1-5H3. The van der Waals surface area contributed by atoms with Crippen LogP contribution in [0, 0.1) is 19.8 Å². The molecule has 1 fully saturated rings. The monoisotopic (exact) mass is 277 g/mol. The van der Waals surface area contributed by atoms with Crippen LogP contribution >= 0.6 is 0 Å². The van der Waals surface area contributed by atoms with E-state index in [4.69, 9.17) is 9.47 Å². The third-order valence-electron chi connectivity index (χ3n) is 4.65. The van der Waals surface area contributed by atoms with Gasteiger partial charge in [-0.05, 0) is 44.9 Å². The number of methoxy groups -OCH3 is 1. The summed E-state index contributed by atoms with van der Waals surface area (Å²) in [6.45, 7) is 7.33. The molecule has 0 bridgehead atoms. The SMILES string of the molecule is CCC1OCCC1C(NC)c1ccc(C)c(C)c1OC. The van der Waals surface area contributed by atoms with Crippen LogP contribution in [0.3, 0.4) is 0 Å². The van der Waals surface area contributed by atoms with Crippen LogP contribution in [0.4, 0.5) is 0 Å². The van der Waals surface area contributed by atoms with E-state index in [1.54, 1.807) is 7.11 Å². The molecule has 0 radical (unpaired) electrons. The number of nitrogens with one attached hydrogen (secondary N) is 1. The van der Waals surface area contributed by atoms with E-state index < -0.39 is 0 Å². The zero-order valence-electron chi connectivity index (χ0n) is 13.3. The molecular formula is C17H27NO2. The lowest BCUT2D eigenvalue weighted by atomic mass is 9.85. The third kappa shape index (κ3) is 2.70. The minimum Gasteiger partial charge on any atom is -0.496 e. The fourth-order valence-corrected chi connectivity index (χ4v) is 3.39. The lowest BCUT2D eigenvalue weighted by molar-refractivity contribution is 0.0779. The first-order valence-electron chi connectivity index (χ1n) is 7.57. The van der Waals surface area contributed by atoms with Gasteiger partial charge in [0.05, 0.1) is 13.2 Å². The Morgan fingerprint density at radius 1 is 1.40 bits per heavy atom. The number of aryl methyl sites for hydroxylation is 1. The highest BCUT2D eigenvalue weighted by Crippen LogP contribution is 2.39. The second kappa shape index (κ2) is 6.59. The van der Waals surface area contributed by atoms with Crippen LogP contribution < -0.4 is 10.1 Å². The van der Waals surface area contributed by atoms with Crippen molar-refractivity contribution in [2.75, 3.05) is 20.8 Å². The molecule has 0 aromatic heterocycles. The highest BCUT2D eigenvalue weighted by molar-refractivity contribution is 5.47. The van der Waals surface area contributed by atoms with Crippen molar-refractivity contribution in [2.24, 2.45) is 5.92 Å². The first-order chi connectivity index (χ1) is 9.63. The minimum absolute atomic E-state index is 0.289. The maximum Gasteiger partial charge on any atom is 0.126 e. The van der Waals surface area contributed by atoms with Crippen molar-refractivity contribution in [1.29, 1.82) is 0 Å². The van der Waals surface area contributed by atoms with E-state index in [2.05, 4.69) is 38.2 Å². The van der Waals surface area contributed by atoms with Crippen LogP contribution in [0.5, 0.6) is 5.75 Å². The normalized spacial score (nSPS) is 23.9. The molecule has 3 heteroatoms. The Morgan fingerprint density at radius 3 is 2.75 bits per heavy atom. The van der Waals surface area contributed by atoms with Gasteiger partial charge in [-0.3, -0.25) is 0 Å². The predicted octanol–water partition coefficient (Wildman–Crippen LogP) is 3.39. The van der Waals surface area contributed by atoms with E-state index in [1.807, 2.05) is 7.05 Å². The van der Waals surface area contributed by atoms with Gasteiger partial charge in [-0.1, -0.05) is 19.1 Å². The molecular weight excluding hydrogens is 250 g/mol. The second-order valence-electron chi connectivity index (χ2n) is 5.67. The van der Waals surface area contributed by atoms with E-state index in [1.165, 1.54) is 16.7 Å². The summed E-state index contributed by atoms with van der Waals surface area (Å²) in [5.74, 6) is 1.53. The van der Waals surface area contributed by atoms with Crippen LogP contribution in [0.25, 0.3) is 0 Å². The summed E-state index contributed by atoms with van der Waals surface area (Å²) in [5.41, 5.74) is 3.76. The third-order valence-corrected chi connectivity index (χ3v) is 4.65. The van der Waals surface area contributed by atoms with Crippen LogP contribution in [0.15, 0.2) is 12.1 Å². The summed E-state index contributed by atoms with van der Waals surface area (Å²) in [6.07, 6.45) is 2.52. The second-order valence-corrected chi connectivity index (χ2v) is 5.67. The maximum atomic E-state index is 5.87. The molecule has 20 heavy (non-hydrogen) atoms. The van der Waals surface area contributed by atoms with Crippen molar-refractivity contribution in [3.05, 3.63) is 28.8 Å². The minimum atomic E-state index is 0.289.